The van der Waals surface area contributed by atoms with Crippen LogP contribution in [0.4, 0.5) is 0 Å². The molecule has 32 heavy (non-hydrogen) atoms. The topological polar surface area (TPSA) is 80.1 Å². The molecule has 0 radical (unpaired) electrons. The molecule has 1 fully saturated rings. The van der Waals surface area contributed by atoms with E-state index in [4.69, 9.17) is 0 Å². The first-order chi connectivity index (χ1) is 15.6. The number of amides is 2. The average molecular weight is 432 g/mol. The highest BCUT2D eigenvalue weighted by Gasteiger charge is 2.29. The van der Waals surface area contributed by atoms with Crippen LogP contribution >= 0.6 is 0 Å². The highest BCUT2D eigenvalue weighted by molar-refractivity contribution is 5.92. The normalized spacial score (nSPS) is 16.2. The van der Waals surface area contributed by atoms with Gasteiger partial charge in [-0.05, 0) is 36.8 Å². The SMILES string of the molecule is CC(=O)NCC[C@H]1CCCCN1C(=O)c1cn(C(c2ccccc2)c2ccccc2)nn1. The van der Waals surface area contributed by atoms with Crippen molar-refractivity contribution in [2.75, 3.05) is 13.1 Å². The first-order valence-corrected chi connectivity index (χ1v) is 11.2. The highest BCUT2D eigenvalue weighted by atomic mass is 16.2. The van der Waals surface area contributed by atoms with E-state index < -0.39 is 0 Å². The lowest BCUT2D eigenvalue weighted by Gasteiger charge is -2.35. The Morgan fingerprint density at radius 2 is 1.69 bits per heavy atom. The molecule has 1 N–H and O–H groups in total. The van der Waals surface area contributed by atoms with Crippen LogP contribution < -0.4 is 5.32 Å². The number of likely N-dealkylation sites (tertiary alicyclic amines) is 1. The minimum atomic E-state index is -0.164. The molecule has 2 heterocycles. The van der Waals surface area contributed by atoms with E-state index >= 15 is 0 Å². The molecule has 166 valence electrons. The predicted molar refractivity (Wildman–Crippen MR) is 122 cm³/mol. The van der Waals surface area contributed by atoms with E-state index in [2.05, 4.69) is 39.9 Å². The summed E-state index contributed by atoms with van der Waals surface area (Å²) in [6, 6.07) is 20.2. The molecule has 1 aliphatic heterocycles. The number of benzene rings is 2. The largest absolute Gasteiger partial charge is 0.356 e. The van der Waals surface area contributed by atoms with E-state index in [1.807, 2.05) is 41.3 Å². The highest BCUT2D eigenvalue weighted by Crippen LogP contribution is 2.27. The summed E-state index contributed by atoms with van der Waals surface area (Å²) in [5.41, 5.74) is 2.51. The molecule has 0 saturated carbocycles. The average Bonchev–Trinajstić information content (AvgIpc) is 3.30. The first-order valence-electron chi connectivity index (χ1n) is 11.2. The van der Waals surface area contributed by atoms with E-state index in [9.17, 15) is 9.59 Å². The predicted octanol–water partition coefficient (Wildman–Crippen LogP) is 3.44. The van der Waals surface area contributed by atoms with Crippen molar-refractivity contribution in [2.24, 2.45) is 0 Å². The third-order valence-corrected chi connectivity index (χ3v) is 5.96. The van der Waals surface area contributed by atoms with Crippen molar-refractivity contribution in [3.63, 3.8) is 0 Å². The Bertz CT molecular complexity index is 995. The fraction of sp³-hybridized carbons (Fsp3) is 0.360. The summed E-state index contributed by atoms with van der Waals surface area (Å²) in [6.07, 6.45) is 5.51. The number of hydrogen-bond donors (Lipinski definition) is 1. The molecule has 3 aromatic rings. The van der Waals surface area contributed by atoms with E-state index in [-0.39, 0.29) is 23.9 Å². The first kappa shape index (κ1) is 21.7. The Balaban J connectivity index is 1.57. The van der Waals surface area contributed by atoms with Crippen molar-refractivity contribution in [3.8, 4) is 0 Å². The van der Waals surface area contributed by atoms with Crippen molar-refractivity contribution in [1.29, 1.82) is 0 Å². The Morgan fingerprint density at radius 3 is 2.31 bits per heavy atom. The molecule has 0 bridgehead atoms. The van der Waals surface area contributed by atoms with Crippen LogP contribution in [0.1, 0.15) is 60.3 Å². The van der Waals surface area contributed by atoms with Gasteiger partial charge in [-0.2, -0.15) is 0 Å². The fourth-order valence-electron chi connectivity index (χ4n) is 4.40. The van der Waals surface area contributed by atoms with E-state index in [1.54, 1.807) is 10.9 Å². The van der Waals surface area contributed by atoms with Gasteiger partial charge in [0, 0.05) is 26.1 Å². The molecule has 7 nitrogen and oxygen atoms in total. The van der Waals surface area contributed by atoms with Crippen LogP contribution in [-0.2, 0) is 4.79 Å². The number of piperidine rings is 1. The number of rotatable bonds is 7. The van der Waals surface area contributed by atoms with Crippen molar-refractivity contribution in [1.82, 2.24) is 25.2 Å². The van der Waals surface area contributed by atoms with Gasteiger partial charge in [0.2, 0.25) is 5.91 Å². The molecule has 1 aromatic heterocycles. The minimum absolute atomic E-state index is 0.0468. The fourth-order valence-corrected chi connectivity index (χ4v) is 4.40. The van der Waals surface area contributed by atoms with Crippen LogP contribution in [0.2, 0.25) is 0 Å². The lowest BCUT2D eigenvalue weighted by atomic mass is 9.98. The van der Waals surface area contributed by atoms with Gasteiger partial charge in [0.15, 0.2) is 5.69 Å². The molecule has 4 rings (SSSR count). The summed E-state index contributed by atoms with van der Waals surface area (Å²) in [5, 5.41) is 11.5. The summed E-state index contributed by atoms with van der Waals surface area (Å²) in [7, 11) is 0. The van der Waals surface area contributed by atoms with Gasteiger partial charge in [0.05, 0.1) is 6.20 Å². The second-order valence-electron chi connectivity index (χ2n) is 8.23. The van der Waals surface area contributed by atoms with Gasteiger partial charge < -0.3 is 10.2 Å². The quantitative estimate of drug-likeness (QED) is 0.622. The second kappa shape index (κ2) is 10.2. The molecule has 0 unspecified atom stereocenters. The van der Waals surface area contributed by atoms with Crippen molar-refractivity contribution in [2.45, 2.75) is 44.7 Å². The molecular formula is C25H29N5O2. The van der Waals surface area contributed by atoms with Gasteiger partial charge in [-0.15, -0.1) is 5.10 Å². The lowest BCUT2D eigenvalue weighted by Crippen LogP contribution is -2.45. The minimum Gasteiger partial charge on any atom is -0.356 e. The third kappa shape index (κ3) is 5.04. The molecule has 7 heteroatoms. The lowest BCUT2D eigenvalue weighted by molar-refractivity contribution is -0.119. The molecule has 1 saturated heterocycles. The molecule has 0 aliphatic carbocycles. The Kier molecular flexibility index (Phi) is 6.94. The van der Waals surface area contributed by atoms with Crippen LogP contribution in [0.5, 0.6) is 0 Å². The van der Waals surface area contributed by atoms with Crippen molar-refractivity contribution >= 4 is 11.8 Å². The van der Waals surface area contributed by atoms with E-state index in [0.717, 1.165) is 36.8 Å². The van der Waals surface area contributed by atoms with E-state index in [1.165, 1.54) is 6.92 Å². The van der Waals surface area contributed by atoms with Gasteiger partial charge in [-0.25, -0.2) is 4.68 Å². The maximum Gasteiger partial charge on any atom is 0.276 e. The molecule has 1 atom stereocenters. The van der Waals surface area contributed by atoms with Gasteiger partial charge in [0.25, 0.3) is 5.91 Å². The summed E-state index contributed by atoms with van der Waals surface area (Å²) < 4.78 is 1.77. The zero-order chi connectivity index (χ0) is 22.3. The summed E-state index contributed by atoms with van der Waals surface area (Å²) in [4.78, 5) is 26.5. The Morgan fingerprint density at radius 1 is 1.03 bits per heavy atom. The van der Waals surface area contributed by atoms with E-state index in [0.29, 0.717) is 18.8 Å². The third-order valence-electron chi connectivity index (χ3n) is 5.96. The zero-order valence-electron chi connectivity index (χ0n) is 18.4. The summed E-state index contributed by atoms with van der Waals surface area (Å²) in [5.74, 6) is -0.141. The number of nitrogens with zero attached hydrogens (tertiary/aromatic N) is 4. The maximum atomic E-state index is 13.3. The standard InChI is InChI=1S/C25H29N5O2/c1-19(31)26-16-15-22-14-8-9-17-29(22)25(32)23-18-30(28-27-23)24(20-10-4-2-5-11-20)21-12-6-3-7-13-21/h2-7,10-13,18,22,24H,8-9,14-17H2,1H3,(H,26,31)/t22-/m1/s1. The maximum absolute atomic E-state index is 13.3. The number of carbonyl (C=O) groups is 2. The zero-order valence-corrected chi connectivity index (χ0v) is 18.4. The monoisotopic (exact) mass is 431 g/mol. The number of nitrogens with one attached hydrogen (secondary N) is 1. The molecule has 0 spiro atoms. The molecule has 2 amide bonds. The summed E-state index contributed by atoms with van der Waals surface area (Å²) in [6.45, 7) is 2.79. The van der Waals surface area contributed by atoms with Crippen LogP contribution in [0.25, 0.3) is 0 Å². The van der Waals surface area contributed by atoms with Gasteiger partial charge in [-0.3, -0.25) is 9.59 Å². The molecule has 1 aliphatic rings. The number of aromatic nitrogens is 3. The smallest absolute Gasteiger partial charge is 0.276 e. The summed E-state index contributed by atoms with van der Waals surface area (Å²) >= 11 is 0. The van der Waals surface area contributed by atoms with Crippen molar-refractivity contribution in [3.05, 3.63) is 83.7 Å². The molecular weight excluding hydrogens is 402 g/mol. The number of carbonyl (C=O) groups excluding carboxylic acids is 2. The van der Waals surface area contributed by atoms with Gasteiger partial charge in [-0.1, -0.05) is 65.9 Å². The number of hydrogen-bond acceptors (Lipinski definition) is 4. The van der Waals surface area contributed by atoms with Gasteiger partial charge >= 0.3 is 0 Å². The Labute approximate surface area is 188 Å². The van der Waals surface area contributed by atoms with Crippen LogP contribution in [0.15, 0.2) is 66.9 Å². The van der Waals surface area contributed by atoms with Crippen LogP contribution in [0, 0.1) is 0 Å². The van der Waals surface area contributed by atoms with Crippen LogP contribution in [-0.4, -0.2) is 50.8 Å². The van der Waals surface area contributed by atoms with Crippen molar-refractivity contribution < 1.29 is 9.59 Å². The van der Waals surface area contributed by atoms with Crippen LogP contribution in [0.3, 0.4) is 0 Å². The molecule has 2 aromatic carbocycles. The van der Waals surface area contributed by atoms with Gasteiger partial charge in [0.1, 0.15) is 6.04 Å². The second-order valence-corrected chi connectivity index (χ2v) is 8.23. The Hall–Kier alpha value is -3.48.